The maximum absolute atomic E-state index is 12.7. The molecule has 0 aromatic heterocycles. The highest BCUT2D eigenvalue weighted by atomic mass is 16.5. The van der Waals surface area contributed by atoms with Crippen molar-refractivity contribution >= 4 is 11.6 Å². The summed E-state index contributed by atoms with van der Waals surface area (Å²) in [5, 5.41) is 0. The van der Waals surface area contributed by atoms with Gasteiger partial charge < -0.3 is 4.74 Å². The van der Waals surface area contributed by atoms with Gasteiger partial charge in [-0.3, -0.25) is 9.59 Å². The molecule has 3 nitrogen and oxygen atoms in total. The molecule has 0 radical (unpaired) electrons. The molecule has 25 heavy (non-hydrogen) atoms. The van der Waals surface area contributed by atoms with E-state index in [0.29, 0.717) is 11.8 Å². The van der Waals surface area contributed by atoms with Crippen molar-refractivity contribution in [3.05, 3.63) is 34.4 Å². The molecule has 1 aliphatic heterocycles. The second-order valence-corrected chi connectivity index (χ2v) is 8.33. The zero-order valence-corrected chi connectivity index (χ0v) is 15.3. The Labute approximate surface area is 150 Å². The molecule has 0 amide bonds. The molecule has 2 saturated carbocycles. The van der Waals surface area contributed by atoms with Gasteiger partial charge in [0.2, 0.25) is 0 Å². The molecule has 0 spiro atoms. The third kappa shape index (κ3) is 3.31. The Morgan fingerprint density at radius 2 is 1.60 bits per heavy atom. The number of carbonyl (C=O) groups excluding carboxylic acids is 2. The predicted molar refractivity (Wildman–Crippen MR) is 96.9 cm³/mol. The molecule has 2 atom stereocenters. The Kier molecular flexibility index (Phi) is 4.53. The Balaban J connectivity index is 1.64. The molecule has 2 unspecified atom stereocenters. The number of aryl methyl sites for hydroxylation is 2. The summed E-state index contributed by atoms with van der Waals surface area (Å²) in [5.41, 5.74) is 4.95. The Bertz CT molecular complexity index is 672. The number of carbonyl (C=O) groups is 2. The number of ketones is 2. The number of rotatable bonds is 4. The van der Waals surface area contributed by atoms with Crippen molar-refractivity contribution in [2.24, 2.45) is 11.8 Å². The fraction of sp³-hybridized carbons (Fsp3) is 0.636. The second-order valence-electron chi connectivity index (χ2n) is 8.33. The summed E-state index contributed by atoms with van der Waals surface area (Å²) in [6.07, 6.45) is 5.58. The summed E-state index contributed by atoms with van der Waals surface area (Å²) in [7, 11) is 0. The van der Waals surface area contributed by atoms with Gasteiger partial charge in [0.05, 0.1) is 12.3 Å². The number of ether oxygens (including phenoxy) is 1. The lowest BCUT2D eigenvalue weighted by atomic mass is 9.77. The Morgan fingerprint density at radius 3 is 2.20 bits per heavy atom. The zero-order chi connectivity index (χ0) is 17.6. The van der Waals surface area contributed by atoms with Crippen molar-refractivity contribution in [2.45, 2.75) is 64.2 Å². The predicted octanol–water partition coefficient (Wildman–Crippen LogP) is 4.24. The van der Waals surface area contributed by atoms with Crippen LogP contribution < -0.4 is 0 Å². The summed E-state index contributed by atoms with van der Waals surface area (Å²) in [6.45, 7) is 5.82. The zero-order valence-electron chi connectivity index (χ0n) is 15.3. The van der Waals surface area contributed by atoms with Crippen LogP contribution in [-0.4, -0.2) is 24.8 Å². The van der Waals surface area contributed by atoms with Gasteiger partial charge in [0.25, 0.3) is 0 Å². The highest BCUT2D eigenvalue weighted by Crippen LogP contribution is 2.45. The SMILES string of the molecule is Cc1cc(C2CC2)cc(C)c1C1C(=O)CC(=O)C1CC1CCOCC1. The van der Waals surface area contributed by atoms with Crippen LogP contribution in [0, 0.1) is 25.7 Å². The maximum Gasteiger partial charge on any atom is 0.148 e. The molecular weight excluding hydrogens is 312 g/mol. The fourth-order valence-electron chi connectivity index (χ4n) is 4.95. The Morgan fingerprint density at radius 1 is 0.960 bits per heavy atom. The van der Waals surface area contributed by atoms with Crippen LogP contribution in [-0.2, 0) is 14.3 Å². The normalized spacial score (nSPS) is 27.9. The number of benzene rings is 1. The van der Waals surface area contributed by atoms with Crippen molar-refractivity contribution in [1.82, 2.24) is 0 Å². The van der Waals surface area contributed by atoms with E-state index in [1.807, 2.05) is 0 Å². The number of Topliss-reactive ketones (excluding diaryl/α,β-unsaturated/α-hetero) is 2. The first-order chi connectivity index (χ1) is 12.0. The molecular formula is C22H28O3. The first-order valence-corrected chi connectivity index (χ1v) is 9.78. The van der Waals surface area contributed by atoms with Gasteiger partial charge >= 0.3 is 0 Å². The van der Waals surface area contributed by atoms with E-state index in [4.69, 9.17) is 4.74 Å². The second kappa shape index (κ2) is 6.68. The highest BCUT2D eigenvalue weighted by Gasteiger charge is 2.44. The number of hydrogen-bond donors (Lipinski definition) is 0. The van der Waals surface area contributed by atoms with E-state index < -0.39 is 0 Å². The molecule has 3 heteroatoms. The number of hydrogen-bond acceptors (Lipinski definition) is 3. The first-order valence-electron chi connectivity index (χ1n) is 9.78. The van der Waals surface area contributed by atoms with Crippen LogP contribution in [0.3, 0.4) is 0 Å². The molecule has 4 rings (SSSR count). The average Bonchev–Trinajstić information content (AvgIpc) is 3.38. The molecule has 3 fully saturated rings. The van der Waals surface area contributed by atoms with Crippen LogP contribution >= 0.6 is 0 Å². The van der Waals surface area contributed by atoms with Gasteiger partial charge in [0.15, 0.2) is 0 Å². The van der Waals surface area contributed by atoms with Gasteiger partial charge in [0, 0.05) is 19.1 Å². The van der Waals surface area contributed by atoms with Gasteiger partial charge in [-0.05, 0) is 80.0 Å². The molecule has 1 heterocycles. The minimum absolute atomic E-state index is 0.125. The average molecular weight is 340 g/mol. The monoisotopic (exact) mass is 340 g/mol. The lowest BCUT2D eigenvalue weighted by Gasteiger charge is -2.28. The van der Waals surface area contributed by atoms with Crippen LogP contribution in [0.15, 0.2) is 12.1 Å². The van der Waals surface area contributed by atoms with Crippen molar-refractivity contribution in [3.8, 4) is 0 Å². The van der Waals surface area contributed by atoms with E-state index in [9.17, 15) is 9.59 Å². The van der Waals surface area contributed by atoms with Gasteiger partial charge in [-0.25, -0.2) is 0 Å². The standard InChI is InChI=1S/C22H28O3/c1-13-9-17(16-3-4-16)10-14(2)21(13)22-18(19(23)12-20(22)24)11-15-5-7-25-8-6-15/h9-10,15-16,18,22H,3-8,11-12H2,1-2H3. The molecule has 134 valence electrons. The lowest BCUT2D eigenvalue weighted by Crippen LogP contribution is -2.24. The van der Waals surface area contributed by atoms with Crippen LogP contribution in [0.5, 0.6) is 0 Å². The van der Waals surface area contributed by atoms with Crippen LogP contribution in [0.2, 0.25) is 0 Å². The summed E-state index contributed by atoms with van der Waals surface area (Å²) < 4.78 is 5.45. The topological polar surface area (TPSA) is 43.4 Å². The van der Waals surface area contributed by atoms with Crippen molar-refractivity contribution in [2.75, 3.05) is 13.2 Å². The summed E-state index contributed by atoms with van der Waals surface area (Å²) in [4.78, 5) is 25.3. The van der Waals surface area contributed by atoms with Crippen molar-refractivity contribution < 1.29 is 14.3 Å². The summed E-state index contributed by atoms with van der Waals surface area (Å²) in [5.74, 6) is 1.18. The maximum atomic E-state index is 12.7. The first kappa shape index (κ1) is 17.0. The smallest absolute Gasteiger partial charge is 0.148 e. The largest absolute Gasteiger partial charge is 0.381 e. The fourth-order valence-corrected chi connectivity index (χ4v) is 4.95. The van der Waals surface area contributed by atoms with E-state index in [1.54, 1.807) is 0 Å². The van der Waals surface area contributed by atoms with Crippen LogP contribution in [0.25, 0.3) is 0 Å². The third-order valence-electron chi connectivity index (χ3n) is 6.42. The van der Waals surface area contributed by atoms with Crippen LogP contribution in [0.1, 0.15) is 72.6 Å². The minimum atomic E-state index is -0.219. The van der Waals surface area contributed by atoms with Crippen LogP contribution in [0.4, 0.5) is 0 Å². The van der Waals surface area contributed by atoms with Gasteiger partial charge in [-0.15, -0.1) is 0 Å². The molecule has 2 aliphatic carbocycles. The minimum Gasteiger partial charge on any atom is -0.381 e. The van der Waals surface area contributed by atoms with Gasteiger partial charge in [-0.1, -0.05) is 12.1 Å². The third-order valence-corrected chi connectivity index (χ3v) is 6.42. The molecule has 0 bridgehead atoms. The van der Waals surface area contributed by atoms with Crippen molar-refractivity contribution in [3.63, 3.8) is 0 Å². The van der Waals surface area contributed by atoms with Gasteiger partial charge in [0.1, 0.15) is 11.6 Å². The molecule has 3 aliphatic rings. The molecule has 0 N–H and O–H groups in total. The summed E-state index contributed by atoms with van der Waals surface area (Å²) in [6, 6.07) is 4.53. The van der Waals surface area contributed by atoms with E-state index >= 15 is 0 Å². The lowest BCUT2D eigenvalue weighted by molar-refractivity contribution is -0.123. The Hall–Kier alpha value is -1.48. The van der Waals surface area contributed by atoms with E-state index in [1.165, 1.54) is 29.5 Å². The summed E-state index contributed by atoms with van der Waals surface area (Å²) >= 11 is 0. The molecule has 1 saturated heterocycles. The van der Waals surface area contributed by atoms with E-state index in [-0.39, 0.29) is 29.8 Å². The van der Waals surface area contributed by atoms with E-state index in [2.05, 4.69) is 26.0 Å². The quantitative estimate of drug-likeness (QED) is 0.770. The van der Waals surface area contributed by atoms with Gasteiger partial charge in [-0.2, -0.15) is 0 Å². The molecule has 1 aromatic carbocycles. The highest BCUT2D eigenvalue weighted by molar-refractivity contribution is 6.11. The van der Waals surface area contributed by atoms with E-state index in [0.717, 1.165) is 38.0 Å². The van der Waals surface area contributed by atoms with Crippen molar-refractivity contribution in [1.29, 1.82) is 0 Å². The molecule has 1 aromatic rings.